The third kappa shape index (κ3) is 5.52. The third-order valence-electron chi connectivity index (χ3n) is 3.30. The number of likely N-dealkylation sites (tertiary alicyclic amines) is 1. The topological polar surface area (TPSA) is 20.3 Å². The van der Waals surface area contributed by atoms with Crippen molar-refractivity contribution in [2.75, 3.05) is 19.6 Å². The lowest BCUT2D eigenvalue weighted by Gasteiger charge is -2.32. The summed E-state index contributed by atoms with van der Waals surface area (Å²) in [6, 6.07) is 0. The number of unbranched alkanes of at least 4 members (excludes halogenated alkanes) is 1. The minimum atomic E-state index is -4.03. The second-order valence-corrected chi connectivity index (χ2v) is 4.82. The Hall–Kier alpha value is -0.580. The Labute approximate surface area is 100 Å². The van der Waals surface area contributed by atoms with Crippen LogP contribution in [0.1, 0.15) is 39.0 Å². The Morgan fingerprint density at radius 2 is 1.82 bits per heavy atom. The van der Waals surface area contributed by atoms with Crippen LogP contribution in [0.4, 0.5) is 13.2 Å². The Kier molecular flexibility index (Phi) is 5.43. The second kappa shape index (κ2) is 6.38. The summed E-state index contributed by atoms with van der Waals surface area (Å²) in [7, 11) is 0. The summed E-state index contributed by atoms with van der Waals surface area (Å²) in [4.78, 5) is 12.8. The average molecular weight is 251 g/mol. The smallest absolute Gasteiger partial charge is 0.303 e. The molecule has 1 aliphatic rings. The lowest BCUT2D eigenvalue weighted by Crippen LogP contribution is -2.39. The van der Waals surface area contributed by atoms with Gasteiger partial charge >= 0.3 is 6.18 Å². The van der Waals surface area contributed by atoms with Gasteiger partial charge < -0.3 is 9.69 Å². The van der Waals surface area contributed by atoms with Crippen molar-refractivity contribution in [2.24, 2.45) is 5.92 Å². The van der Waals surface area contributed by atoms with Crippen LogP contribution in [-0.2, 0) is 4.79 Å². The molecule has 0 aliphatic carbocycles. The number of alkyl halides is 3. The van der Waals surface area contributed by atoms with Crippen molar-refractivity contribution in [3.05, 3.63) is 0 Å². The van der Waals surface area contributed by atoms with E-state index in [4.69, 9.17) is 0 Å². The van der Waals surface area contributed by atoms with E-state index in [2.05, 4.69) is 4.90 Å². The van der Waals surface area contributed by atoms with Crippen LogP contribution in [0.15, 0.2) is 0 Å². The molecule has 0 amide bonds. The van der Waals surface area contributed by atoms with E-state index in [0.29, 0.717) is 19.5 Å². The molecule has 0 spiro atoms. The minimum Gasteiger partial charge on any atom is -0.303 e. The molecule has 0 N–H and O–H groups in total. The van der Waals surface area contributed by atoms with Gasteiger partial charge in [-0.1, -0.05) is 0 Å². The van der Waals surface area contributed by atoms with Gasteiger partial charge in [0.25, 0.3) is 0 Å². The van der Waals surface area contributed by atoms with E-state index < -0.39 is 12.1 Å². The largest absolute Gasteiger partial charge is 0.391 e. The number of piperidine rings is 1. The molecule has 17 heavy (non-hydrogen) atoms. The zero-order valence-corrected chi connectivity index (χ0v) is 10.2. The number of carbonyl (C=O) groups is 1. The normalized spacial score (nSPS) is 19.5. The van der Waals surface area contributed by atoms with Crippen LogP contribution in [0.2, 0.25) is 0 Å². The monoisotopic (exact) mass is 251 g/mol. The van der Waals surface area contributed by atoms with Crippen molar-refractivity contribution in [2.45, 2.75) is 45.2 Å². The van der Waals surface area contributed by atoms with E-state index in [1.54, 1.807) is 6.92 Å². The number of nitrogens with zero attached hydrogens (tertiary/aromatic N) is 1. The third-order valence-corrected chi connectivity index (χ3v) is 3.30. The van der Waals surface area contributed by atoms with Gasteiger partial charge in [-0.25, -0.2) is 0 Å². The first kappa shape index (κ1) is 14.5. The SMILES string of the molecule is CC(=O)CCCCN1CCC(C(F)(F)F)CC1. The highest BCUT2D eigenvalue weighted by molar-refractivity contribution is 5.75. The lowest BCUT2D eigenvalue weighted by atomic mass is 9.96. The highest BCUT2D eigenvalue weighted by Crippen LogP contribution is 2.34. The predicted molar refractivity (Wildman–Crippen MR) is 59.8 cm³/mol. The van der Waals surface area contributed by atoms with Gasteiger partial charge in [-0.05, 0) is 52.2 Å². The second-order valence-electron chi connectivity index (χ2n) is 4.82. The first-order valence-corrected chi connectivity index (χ1v) is 6.18. The average Bonchev–Trinajstić information content (AvgIpc) is 2.23. The fourth-order valence-corrected chi connectivity index (χ4v) is 2.19. The maximum Gasteiger partial charge on any atom is 0.391 e. The molecule has 0 unspecified atom stereocenters. The van der Waals surface area contributed by atoms with Crippen LogP contribution in [0.5, 0.6) is 0 Å². The van der Waals surface area contributed by atoms with E-state index in [-0.39, 0.29) is 18.6 Å². The van der Waals surface area contributed by atoms with Crippen molar-refractivity contribution in [1.29, 1.82) is 0 Å². The Morgan fingerprint density at radius 1 is 1.24 bits per heavy atom. The molecule has 0 aromatic carbocycles. The Balaban J connectivity index is 2.13. The maximum atomic E-state index is 12.4. The van der Waals surface area contributed by atoms with E-state index >= 15 is 0 Å². The van der Waals surface area contributed by atoms with E-state index in [1.165, 1.54) is 0 Å². The first-order valence-electron chi connectivity index (χ1n) is 6.18. The summed E-state index contributed by atoms with van der Waals surface area (Å²) in [6.07, 6.45) is -1.27. The standard InChI is InChI=1S/C12H20F3NO/c1-10(17)4-2-3-7-16-8-5-11(6-9-16)12(13,14)15/h11H,2-9H2,1H3. The summed E-state index contributed by atoms with van der Waals surface area (Å²) in [5.41, 5.74) is 0. The van der Waals surface area contributed by atoms with Crippen molar-refractivity contribution in [1.82, 2.24) is 4.90 Å². The van der Waals surface area contributed by atoms with Crippen LogP contribution >= 0.6 is 0 Å². The van der Waals surface area contributed by atoms with Crippen molar-refractivity contribution >= 4 is 5.78 Å². The quantitative estimate of drug-likeness (QED) is 0.700. The molecule has 0 radical (unpaired) electrons. The van der Waals surface area contributed by atoms with Crippen LogP contribution in [-0.4, -0.2) is 36.5 Å². The molecule has 1 aliphatic heterocycles. The molecule has 0 bridgehead atoms. The minimum absolute atomic E-state index is 0.181. The molecule has 0 saturated carbocycles. The zero-order valence-electron chi connectivity index (χ0n) is 10.2. The summed E-state index contributed by atoms with van der Waals surface area (Å²) < 4.78 is 37.2. The fraction of sp³-hybridized carbons (Fsp3) is 0.917. The Morgan fingerprint density at radius 3 is 2.29 bits per heavy atom. The fourth-order valence-electron chi connectivity index (χ4n) is 2.19. The molecule has 1 heterocycles. The molecule has 1 rings (SSSR count). The van der Waals surface area contributed by atoms with Gasteiger partial charge in [0.1, 0.15) is 5.78 Å². The number of halogens is 3. The number of hydrogen-bond donors (Lipinski definition) is 0. The van der Waals surface area contributed by atoms with E-state index in [1.807, 2.05) is 0 Å². The number of rotatable bonds is 5. The van der Waals surface area contributed by atoms with Crippen molar-refractivity contribution in [3.63, 3.8) is 0 Å². The summed E-state index contributed by atoms with van der Waals surface area (Å²) in [6.45, 7) is 3.45. The molecule has 100 valence electrons. The first-order chi connectivity index (χ1) is 7.89. The zero-order chi connectivity index (χ0) is 12.9. The highest BCUT2D eigenvalue weighted by atomic mass is 19.4. The molecule has 2 nitrogen and oxygen atoms in total. The predicted octanol–water partition coefficient (Wildman–Crippen LogP) is 3.02. The van der Waals surface area contributed by atoms with Crippen LogP contribution in [0.25, 0.3) is 0 Å². The molecule has 1 fully saturated rings. The maximum absolute atomic E-state index is 12.4. The van der Waals surface area contributed by atoms with Gasteiger partial charge in [0.2, 0.25) is 0 Å². The van der Waals surface area contributed by atoms with E-state index in [0.717, 1.165) is 19.4 Å². The van der Waals surface area contributed by atoms with Gasteiger partial charge in [0.05, 0.1) is 5.92 Å². The molecule has 5 heteroatoms. The number of ketones is 1. The van der Waals surface area contributed by atoms with Crippen molar-refractivity contribution in [3.8, 4) is 0 Å². The van der Waals surface area contributed by atoms with Crippen LogP contribution < -0.4 is 0 Å². The van der Waals surface area contributed by atoms with E-state index in [9.17, 15) is 18.0 Å². The summed E-state index contributed by atoms with van der Waals surface area (Å²) >= 11 is 0. The molecule has 0 aromatic heterocycles. The van der Waals surface area contributed by atoms with Gasteiger partial charge in [0.15, 0.2) is 0 Å². The number of hydrogen-bond acceptors (Lipinski definition) is 2. The molecular weight excluding hydrogens is 231 g/mol. The summed E-state index contributed by atoms with van der Waals surface area (Å²) in [5, 5.41) is 0. The molecule has 0 aromatic rings. The van der Waals surface area contributed by atoms with Gasteiger partial charge in [-0.15, -0.1) is 0 Å². The summed E-state index contributed by atoms with van der Waals surface area (Å²) in [5.74, 6) is -0.934. The van der Waals surface area contributed by atoms with Gasteiger partial charge in [-0.3, -0.25) is 0 Å². The van der Waals surface area contributed by atoms with Gasteiger partial charge in [-0.2, -0.15) is 13.2 Å². The van der Waals surface area contributed by atoms with Gasteiger partial charge in [0, 0.05) is 6.42 Å². The highest BCUT2D eigenvalue weighted by Gasteiger charge is 2.40. The number of carbonyl (C=O) groups excluding carboxylic acids is 1. The Bertz CT molecular complexity index is 245. The molecule has 1 saturated heterocycles. The van der Waals surface area contributed by atoms with Crippen LogP contribution in [0.3, 0.4) is 0 Å². The van der Waals surface area contributed by atoms with Crippen LogP contribution in [0, 0.1) is 5.92 Å². The lowest BCUT2D eigenvalue weighted by molar-refractivity contribution is -0.185. The molecule has 0 atom stereocenters. The molecular formula is C12H20F3NO. The van der Waals surface area contributed by atoms with Crippen molar-refractivity contribution < 1.29 is 18.0 Å². The number of Topliss-reactive ketones (excluding diaryl/α,β-unsaturated/α-hetero) is 1.